The molecule has 0 radical (unpaired) electrons. The molecule has 0 bridgehead atoms. The minimum Gasteiger partial charge on any atom is -0.505 e. The van der Waals surface area contributed by atoms with Crippen LogP contribution in [-0.2, 0) is 6.18 Å². The maximum atomic E-state index is 13.0. The Labute approximate surface area is 213 Å². The molecule has 9 nitrogen and oxygen atoms in total. The fraction of sp³-hybridized carbons (Fsp3) is 0.0769. The van der Waals surface area contributed by atoms with Gasteiger partial charge in [0, 0.05) is 29.0 Å². The highest BCUT2D eigenvalue weighted by molar-refractivity contribution is 6.11. The van der Waals surface area contributed by atoms with E-state index < -0.39 is 23.4 Å². The van der Waals surface area contributed by atoms with Crippen molar-refractivity contribution in [2.24, 2.45) is 10.2 Å². The average Bonchev–Trinajstić information content (AvgIpc) is 3.28. The number of nitrogens with zero attached hydrogens (tertiary/aromatic N) is 6. The summed E-state index contributed by atoms with van der Waals surface area (Å²) in [5.74, 6) is -0.590. The first-order chi connectivity index (χ1) is 18.2. The molecule has 0 aliphatic rings. The number of aromatic nitrogens is 4. The van der Waals surface area contributed by atoms with Crippen molar-refractivity contribution < 1.29 is 23.1 Å². The molecule has 0 saturated carbocycles. The second kappa shape index (κ2) is 9.73. The molecule has 1 amide bonds. The van der Waals surface area contributed by atoms with E-state index in [1.165, 1.54) is 10.7 Å². The van der Waals surface area contributed by atoms with Crippen LogP contribution < -0.4 is 5.32 Å². The van der Waals surface area contributed by atoms with Gasteiger partial charge < -0.3 is 10.4 Å². The van der Waals surface area contributed by atoms with Crippen LogP contribution in [0.25, 0.3) is 16.7 Å². The first-order valence-corrected chi connectivity index (χ1v) is 11.2. The number of hydrogen-bond acceptors (Lipinski definition) is 7. The molecule has 0 fully saturated rings. The summed E-state index contributed by atoms with van der Waals surface area (Å²) in [5.41, 5.74) is -0.152. The van der Waals surface area contributed by atoms with Crippen LogP contribution in [-0.4, -0.2) is 30.8 Å². The Morgan fingerprint density at radius 2 is 1.71 bits per heavy atom. The summed E-state index contributed by atoms with van der Waals surface area (Å²) in [6, 6.07) is 14.1. The zero-order valence-corrected chi connectivity index (χ0v) is 19.7. The van der Waals surface area contributed by atoms with Gasteiger partial charge in [0.1, 0.15) is 5.69 Å². The second-order valence-electron chi connectivity index (χ2n) is 8.18. The van der Waals surface area contributed by atoms with Crippen LogP contribution in [0.3, 0.4) is 0 Å². The molecule has 0 aliphatic carbocycles. The number of rotatable bonds is 5. The van der Waals surface area contributed by atoms with Gasteiger partial charge >= 0.3 is 6.18 Å². The van der Waals surface area contributed by atoms with Gasteiger partial charge in [-0.2, -0.15) is 23.0 Å². The molecule has 2 heterocycles. The largest absolute Gasteiger partial charge is 0.505 e. The highest BCUT2D eigenvalue weighted by Crippen LogP contribution is 2.40. The first kappa shape index (κ1) is 24.6. The van der Waals surface area contributed by atoms with Crippen molar-refractivity contribution in [3.05, 3.63) is 95.9 Å². The summed E-state index contributed by atoms with van der Waals surface area (Å²) in [6.45, 7) is 1.77. The summed E-state index contributed by atoms with van der Waals surface area (Å²) < 4.78 is 40.0. The van der Waals surface area contributed by atoms with Gasteiger partial charge in [0.15, 0.2) is 11.6 Å². The van der Waals surface area contributed by atoms with Crippen molar-refractivity contribution in [2.75, 3.05) is 5.32 Å². The number of fused-ring (bicyclic) bond motifs is 1. The van der Waals surface area contributed by atoms with E-state index >= 15 is 0 Å². The molecule has 38 heavy (non-hydrogen) atoms. The standard InChI is InChI=1S/C26H18F3N7O2/c1-15-14-32-36(25-30-11-4-12-31-25)23(15)35-34-21-19-6-3-2-5-16(19)13-20(22(21)37)24(38)33-18-9-7-17(8-10-18)26(27,28)29/h2-14,37H,1H3,(H,33,38). The van der Waals surface area contributed by atoms with Gasteiger partial charge in [-0.25, -0.2) is 9.97 Å². The number of phenolic OH excluding ortho intramolecular Hbond substituents is 1. The van der Waals surface area contributed by atoms with Crippen molar-refractivity contribution in [3.8, 4) is 11.7 Å². The van der Waals surface area contributed by atoms with E-state index in [0.29, 0.717) is 22.2 Å². The van der Waals surface area contributed by atoms with E-state index in [9.17, 15) is 23.1 Å². The topological polar surface area (TPSA) is 118 Å². The van der Waals surface area contributed by atoms with Gasteiger partial charge in [-0.15, -0.1) is 10.2 Å². The van der Waals surface area contributed by atoms with Crippen LogP contribution >= 0.6 is 0 Å². The average molecular weight is 517 g/mol. The number of aromatic hydroxyl groups is 1. The van der Waals surface area contributed by atoms with Gasteiger partial charge in [-0.1, -0.05) is 24.3 Å². The molecule has 0 unspecified atom stereocenters. The molecule has 0 aliphatic heterocycles. The number of carbonyl (C=O) groups is 1. The van der Waals surface area contributed by atoms with Gasteiger partial charge in [-0.05, 0) is 48.7 Å². The summed E-state index contributed by atoms with van der Waals surface area (Å²) in [5, 5.41) is 27.5. The Balaban J connectivity index is 1.53. The number of carbonyl (C=O) groups excluding carboxylic acids is 1. The second-order valence-corrected chi connectivity index (χ2v) is 8.18. The molecule has 3 aromatic carbocycles. The number of alkyl halides is 3. The molecule has 12 heteroatoms. The maximum Gasteiger partial charge on any atom is 0.416 e. The number of amides is 1. The maximum absolute atomic E-state index is 13.0. The predicted molar refractivity (Wildman–Crippen MR) is 133 cm³/mol. The van der Waals surface area contributed by atoms with E-state index in [1.54, 1.807) is 55.8 Å². The van der Waals surface area contributed by atoms with E-state index in [4.69, 9.17) is 0 Å². The molecule has 0 saturated heterocycles. The Hall–Kier alpha value is -5.13. The Kier molecular flexibility index (Phi) is 6.29. The summed E-state index contributed by atoms with van der Waals surface area (Å²) in [7, 11) is 0. The summed E-state index contributed by atoms with van der Waals surface area (Å²) >= 11 is 0. The Morgan fingerprint density at radius 1 is 1.00 bits per heavy atom. The van der Waals surface area contributed by atoms with Crippen molar-refractivity contribution in [1.29, 1.82) is 0 Å². The third-order valence-electron chi connectivity index (χ3n) is 5.62. The molecule has 5 aromatic rings. The monoisotopic (exact) mass is 517 g/mol. The minimum atomic E-state index is -4.50. The zero-order chi connectivity index (χ0) is 26.9. The highest BCUT2D eigenvalue weighted by Gasteiger charge is 2.30. The normalized spacial score (nSPS) is 11.8. The van der Waals surface area contributed by atoms with Crippen molar-refractivity contribution in [3.63, 3.8) is 0 Å². The van der Waals surface area contributed by atoms with Crippen LogP contribution in [0.1, 0.15) is 21.5 Å². The number of halogens is 3. The van der Waals surface area contributed by atoms with Gasteiger partial charge in [0.25, 0.3) is 11.9 Å². The number of anilines is 1. The predicted octanol–water partition coefficient (Wildman–Crippen LogP) is 6.52. The van der Waals surface area contributed by atoms with E-state index in [1.807, 2.05) is 0 Å². The van der Waals surface area contributed by atoms with Crippen LogP contribution in [0.15, 0.2) is 89.5 Å². The molecule has 2 aromatic heterocycles. The van der Waals surface area contributed by atoms with Crippen LogP contribution in [0.5, 0.6) is 5.75 Å². The van der Waals surface area contributed by atoms with Crippen LogP contribution in [0.4, 0.5) is 30.4 Å². The number of nitrogens with one attached hydrogen (secondary N) is 1. The number of hydrogen-bond donors (Lipinski definition) is 2. The van der Waals surface area contributed by atoms with Gasteiger partial charge in [-0.3, -0.25) is 4.79 Å². The highest BCUT2D eigenvalue weighted by atomic mass is 19.4. The lowest BCUT2D eigenvalue weighted by molar-refractivity contribution is -0.137. The molecule has 2 N–H and O–H groups in total. The lowest BCUT2D eigenvalue weighted by Gasteiger charge is -2.12. The molecular weight excluding hydrogens is 499 g/mol. The van der Waals surface area contributed by atoms with Crippen LogP contribution in [0, 0.1) is 6.92 Å². The smallest absolute Gasteiger partial charge is 0.416 e. The fourth-order valence-corrected chi connectivity index (χ4v) is 3.72. The van der Waals surface area contributed by atoms with Crippen molar-refractivity contribution in [2.45, 2.75) is 13.1 Å². The quantitative estimate of drug-likeness (QED) is 0.258. The lowest BCUT2D eigenvalue weighted by Crippen LogP contribution is -2.13. The Bertz CT molecular complexity index is 1660. The van der Waals surface area contributed by atoms with Gasteiger partial charge in [0.05, 0.1) is 17.3 Å². The Morgan fingerprint density at radius 3 is 2.42 bits per heavy atom. The van der Waals surface area contributed by atoms with E-state index in [0.717, 1.165) is 24.3 Å². The lowest BCUT2D eigenvalue weighted by atomic mass is 10.0. The fourth-order valence-electron chi connectivity index (χ4n) is 3.72. The van der Waals surface area contributed by atoms with E-state index in [-0.39, 0.29) is 22.9 Å². The first-order valence-electron chi connectivity index (χ1n) is 11.2. The van der Waals surface area contributed by atoms with Gasteiger partial charge in [0.2, 0.25) is 0 Å². The molecular formula is C26H18F3N7O2. The number of azo groups is 1. The minimum absolute atomic E-state index is 0.0294. The SMILES string of the molecule is Cc1cnn(-c2ncccn2)c1N=Nc1c(O)c(C(=O)Nc2ccc(C(F)(F)F)cc2)cc2ccccc12. The van der Waals surface area contributed by atoms with Crippen LogP contribution in [0.2, 0.25) is 0 Å². The van der Waals surface area contributed by atoms with E-state index in [2.05, 4.69) is 30.6 Å². The third kappa shape index (κ3) is 4.78. The zero-order valence-electron chi connectivity index (χ0n) is 19.7. The van der Waals surface area contributed by atoms with Crippen molar-refractivity contribution >= 4 is 33.9 Å². The molecule has 5 rings (SSSR count). The number of aryl methyl sites for hydroxylation is 1. The molecule has 190 valence electrons. The molecule has 0 atom stereocenters. The summed E-state index contributed by atoms with van der Waals surface area (Å²) in [4.78, 5) is 21.4. The number of phenols is 1. The summed E-state index contributed by atoms with van der Waals surface area (Å²) in [6.07, 6.45) is 0.173. The number of benzene rings is 3. The van der Waals surface area contributed by atoms with Crippen molar-refractivity contribution in [1.82, 2.24) is 19.7 Å². The third-order valence-corrected chi connectivity index (χ3v) is 5.62. The molecule has 0 spiro atoms.